The average Bonchev–Trinajstić information content (AvgIpc) is 2.58. The van der Waals surface area contributed by atoms with Crippen molar-refractivity contribution in [2.75, 3.05) is 0 Å². The predicted octanol–water partition coefficient (Wildman–Crippen LogP) is 1.71. The summed E-state index contributed by atoms with van der Waals surface area (Å²) < 4.78 is 26.8. The highest BCUT2D eigenvalue weighted by molar-refractivity contribution is 7.25. The molecule has 1 aromatic carbocycles. The number of halogens is 2. The highest BCUT2D eigenvalue weighted by Crippen LogP contribution is 2.31. The molecule has 0 radical (unpaired) electrons. The topological polar surface area (TPSA) is 65.7 Å². The first-order valence-corrected chi connectivity index (χ1v) is 5.42. The van der Waals surface area contributed by atoms with Gasteiger partial charge < -0.3 is 4.98 Å². The lowest BCUT2D eigenvalue weighted by Gasteiger charge is -1.93. The van der Waals surface area contributed by atoms with Gasteiger partial charge in [0.05, 0.1) is 5.52 Å². The Kier molecular flexibility index (Phi) is 1.93. The summed E-state index contributed by atoms with van der Waals surface area (Å²) in [6.45, 7) is 0. The van der Waals surface area contributed by atoms with Crippen molar-refractivity contribution in [3.63, 3.8) is 0 Å². The van der Waals surface area contributed by atoms with Crippen LogP contribution in [0.4, 0.5) is 8.78 Å². The van der Waals surface area contributed by atoms with Crippen molar-refractivity contribution in [1.29, 1.82) is 0 Å². The van der Waals surface area contributed by atoms with Gasteiger partial charge in [0.25, 0.3) is 5.56 Å². The molecule has 7 heteroatoms. The summed E-state index contributed by atoms with van der Waals surface area (Å²) in [6.07, 6.45) is 0. The molecule has 0 saturated carbocycles. The maximum atomic E-state index is 13.1. The van der Waals surface area contributed by atoms with Gasteiger partial charge in [0.2, 0.25) is 0 Å². The van der Waals surface area contributed by atoms with E-state index in [-0.39, 0.29) is 10.2 Å². The third kappa shape index (κ3) is 1.39. The minimum atomic E-state index is -1.02. The van der Waals surface area contributed by atoms with Crippen LogP contribution in [0.2, 0.25) is 0 Å². The number of nitrogens with one attached hydrogen (secondary N) is 2. The molecule has 4 nitrogen and oxygen atoms in total. The second kappa shape index (κ2) is 3.24. The number of thiophene rings is 1. The van der Waals surface area contributed by atoms with Gasteiger partial charge in [-0.05, 0) is 12.1 Å². The van der Waals surface area contributed by atoms with Crippen molar-refractivity contribution in [3.05, 3.63) is 44.6 Å². The number of hydrogen-bond acceptors (Lipinski definition) is 3. The molecule has 0 saturated heterocycles. The van der Waals surface area contributed by atoms with Gasteiger partial charge in [-0.3, -0.25) is 9.78 Å². The van der Waals surface area contributed by atoms with E-state index >= 15 is 0 Å². The second-order valence-corrected chi connectivity index (χ2v) is 4.53. The number of aromatic amines is 2. The summed E-state index contributed by atoms with van der Waals surface area (Å²) in [6, 6.07) is 1.98. The Balaban J connectivity index is 2.65. The second-order valence-electron chi connectivity index (χ2n) is 3.48. The SMILES string of the molecule is O=c1[nH]c(=O)c2sc3cc(F)c(F)cc3c2[nH]1. The first kappa shape index (κ1) is 10.2. The molecular formula is C10H4F2N2O2S. The number of fused-ring (bicyclic) bond motifs is 3. The number of benzene rings is 1. The smallest absolute Gasteiger partial charge is 0.305 e. The molecule has 0 aliphatic carbocycles. The minimum Gasteiger partial charge on any atom is -0.305 e. The van der Waals surface area contributed by atoms with Gasteiger partial charge in [-0.15, -0.1) is 11.3 Å². The molecule has 2 heterocycles. The Morgan fingerprint density at radius 1 is 1.06 bits per heavy atom. The van der Waals surface area contributed by atoms with Crippen molar-refractivity contribution in [1.82, 2.24) is 9.97 Å². The number of rotatable bonds is 0. The van der Waals surface area contributed by atoms with Crippen molar-refractivity contribution >= 4 is 31.6 Å². The summed E-state index contributed by atoms with van der Waals surface area (Å²) in [5, 5.41) is 0.326. The third-order valence-electron chi connectivity index (χ3n) is 2.40. The Hall–Kier alpha value is -2.02. The monoisotopic (exact) mass is 254 g/mol. The summed E-state index contributed by atoms with van der Waals surface area (Å²) in [5.41, 5.74) is -1.00. The first-order valence-electron chi connectivity index (χ1n) is 4.60. The van der Waals surface area contributed by atoms with Crippen LogP contribution in [0.25, 0.3) is 20.3 Å². The normalized spacial score (nSPS) is 11.4. The zero-order chi connectivity index (χ0) is 12.2. The summed E-state index contributed by atoms with van der Waals surface area (Å²) in [5.74, 6) is -2.00. The van der Waals surface area contributed by atoms with E-state index < -0.39 is 22.9 Å². The average molecular weight is 254 g/mol. The molecule has 2 N–H and O–H groups in total. The highest BCUT2D eigenvalue weighted by atomic mass is 32.1. The molecule has 0 aliphatic rings. The lowest BCUT2D eigenvalue weighted by atomic mass is 10.2. The van der Waals surface area contributed by atoms with Crippen LogP contribution < -0.4 is 11.2 Å². The van der Waals surface area contributed by atoms with Crippen molar-refractivity contribution in [2.24, 2.45) is 0 Å². The molecule has 0 amide bonds. The Morgan fingerprint density at radius 2 is 1.76 bits per heavy atom. The van der Waals surface area contributed by atoms with Gasteiger partial charge in [0.15, 0.2) is 11.6 Å². The van der Waals surface area contributed by atoms with Crippen LogP contribution in [0, 0.1) is 11.6 Å². The van der Waals surface area contributed by atoms with Gasteiger partial charge >= 0.3 is 5.69 Å². The van der Waals surface area contributed by atoms with Gasteiger partial charge in [-0.1, -0.05) is 0 Å². The summed E-state index contributed by atoms with van der Waals surface area (Å²) >= 11 is 0.999. The lowest BCUT2D eigenvalue weighted by Crippen LogP contribution is -2.20. The molecule has 3 rings (SSSR count). The highest BCUT2D eigenvalue weighted by Gasteiger charge is 2.12. The van der Waals surface area contributed by atoms with E-state index in [1.807, 2.05) is 0 Å². The van der Waals surface area contributed by atoms with Crippen LogP contribution in [0.3, 0.4) is 0 Å². The largest absolute Gasteiger partial charge is 0.326 e. The Morgan fingerprint density at radius 3 is 2.53 bits per heavy atom. The summed E-state index contributed by atoms with van der Waals surface area (Å²) in [7, 11) is 0. The molecule has 0 unspecified atom stereocenters. The zero-order valence-corrected chi connectivity index (χ0v) is 8.95. The Labute approximate surface area is 95.5 Å². The van der Waals surface area contributed by atoms with Crippen LogP contribution in [-0.2, 0) is 0 Å². The Bertz CT molecular complexity index is 862. The molecule has 17 heavy (non-hydrogen) atoms. The number of aromatic nitrogens is 2. The van der Waals surface area contributed by atoms with Crippen LogP contribution in [-0.4, -0.2) is 9.97 Å². The molecule has 0 spiro atoms. The van der Waals surface area contributed by atoms with E-state index in [0.717, 1.165) is 23.5 Å². The number of H-pyrrole nitrogens is 2. The fourth-order valence-corrected chi connectivity index (χ4v) is 2.74. The van der Waals surface area contributed by atoms with Crippen LogP contribution in [0.15, 0.2) is 21.7 Å². The van der Waals surface area contributed by atoms with Crippen LogP contribution in [0.1, 0.15) is 0 Å². The van der Waals surface area contributed by atoms with E-state index in [1.165, 1.54) is 0 Å². The molecule has 0 atom stereocenters. The molecule has 86 valence electrons. The van der Waals surface area contributed by atoms with Crippen LogP contribution in [0.5, 0.6) is 0 Å². The molecule has 0 aliphatic heterocycles. The van der Waals surface area contributed by atoms with Crippen LogP contribution >= 0.6 is 11.3 Å². The quantitative estimate of drug-likeness (QED) is 0.641. The van der Waals surface area contributed by atoms with Gasteiger partial charge in [0.1, 0.15) is 4.70 Å². The number of hydrogen-bond donors (Lipinski definition) is 2. The maximum absolute atomic E-state index is 13.1. The van der Waals surface area contributed by atoms with E-state index in [0.29, 0.717) is 10.1 Å². The minimum absolute atomic E-state index is 0.234. The lowest BCUT2D eigenvalue weighted by molar-refractivity contribution is 0.511. The summed E-state index contributed by atoms with van der Waals surface area (Å²) in [4.78, 5) is 27.1. The predicted molar refractivity (Wildman–Crippen MR) is 60.5 cm³/mol. The molecular weight excluding hydrogens is 250 g/mol. The van der Waals surface area contributed by atoms with E-state index in [2.05, 4.69) is 9.97 Å². The van der Waals surface area contributed by atoms with Gasteiger partial charge in [-0.25, -0.2) is 13.6 Å². The fraction of sp³-hybridized carbons (Fsp3) is 0. The molecule has 3 aromatic rings. The van der Waals surface area contributed by atoms with E-state index in [1.54, 1.807) is 0 Å². The van der Waals surface area contributed by atoms with Crippen molar-refractivity contribution in [3.8, 4) is 0 Å². The molecule has 0 fully saturated rings. The first-order chi connectivity index (χ1) is 8.06. The third-order valence-corrected chi connectivity index (χ3v) is 3.55. The molecule has 0 bridgehead atoms. The zero-order valence-electron chi connectivity index (χ0n) is 8.14. The van der Waals surface area contributed by atoms with Crippen molar-refractivity contribution < 1.29 is 8.78 Å². The fourth-order valence-electron chi connectivity index (χ4n) is 1.68. The molecule has 2 aromatic heterocycles. The van der Waals surface area contributed by atoms with E-state index in [4.69, 9.17) is 0 Å². The standard InChI is InChI=1S/C10H4F2N2O2S/c11-4-1-3-6(2-5(4)12)17-8-7(3)13-10(16)14-9(8)15/h1-2H,(H2,13,14,15,16). The maximum Gasteiger partial charge on any atom is 0.326 e. The van der Waals surface area contributed by atoms with Gasteiger partial charge in [-0.2, -0.15) is 0 Å². The van der Waals surface area contributed by atoms with Crippen molar-refractivity contribution in [2.45, 2.75) is 0 Å². The van der Waals surface area contributed by atoms with Gasteiger partial charge in [0, 0.05) is 10.1 Å². The van der Waals surface area contributed by atoms with E-state index in [9.17, 15) is 18.4 Å².